The summed E-state index contributed by atoms with van der Waals surface area (Å²) in [6.45, 7) is 4.49. The first-order chi connectivity index (χ1) is 15.0. The van der Waals surface area contributed by atoms with E-state index < -0.39 is 17.6 Å². The molecule has 0 aromatic carbocycles. The van der Waals surface area contributed by atoms with Gasteiger partial charge in [-0.2, -0.15) is 0 Å². The lowest BCUT2D eigenvalue weighted by molar-refractivity contribution is -0.145. The van der Waals surface area contributed by atoms with Crippen molar-refractivity contribution in [1.29, 1.82) is 0 Å². The van der Waals surface area contributed by atoms with Gasteiger partial charge in [0.05, 0.1) is 5.60 Å². The minimum absolute atomic E-state index is 0.463. The summed E-state index contributed by atoms with van der Waals surface area (Å²) in [5.74, 6) is -0.804. The molecule has 1 atom stereocenters. The maximum absolute atomic E-state index is 11.5. The van der Waals surface area contributed by atoms with Gasteiger partial charge in [0.2, 0.25) is 5.91 Å². The summed E-state index contributed by atoms with van der Waals surface area (Å²) in [6, 6.07) is 0. The van der Waals surface area contributed by atoms with E-state index in [2.05, 4.69) is 13.8 Å². The normalized spacial score (nSPS) is 12.9. The van der Waals surface area contributed by atoms with Crippen molar-refractivity contribution in [3.05, 3.63) is 0 Å². The fourth-order valence-corrected chi connectivity index (χ4v) is 4.50. The van der Waals surface area contributed by atoms with Gasteiger partial charge in [-0.25, -0.2) is 0 Å². The lowest BCUT2D eigenvalue weighted by atomic mass is 9.84. The summed E-state index contributed by atoms with van der Waals surface area (Å²) in [4.78, 5) is 11.5. The summed E-state index contributed by atoms with van der Waals surface area (Å²) >= 11 is 0. The summed E-state index contributed by atoms with van der Waals surface area (Å²) in [5, 5.41) is 21.2. The highest BCUT2D eigenvalue weighted by atomic mass is 16.3. The van der Waals surface area contributed by atoms with E-state index in [0.717, 1.165) is 38.5 Å². The SMILES string of the molecule is CCCCCCCCCCCCC(O)(CCCCCCCCCCCC)C(O)C(N)=O. The van der Waals surface area contributed by atoms with Gasteiger partial charge in [-0.3, -0.25) is 4.79 Å². The van der Waals surface area contributed by atoms with E-state index in [0.29, 0.717) is 12.8 Å². The van der Waals surface area contributed by atoms with Crippen LogP contribution >= 0.6 is 0 Å². The first-order valence-corrected chi connectivity index (χ1v) is 13.7. The molecule has 0 rings (SSSR count). The van der Waals surface area contributed by atoms with Crippen LogP contribution in [0.15, 0.2) is 0 Å². The van der Waals surface area contributed by atoms with Crippen LogP contribution in [0.4, 0.5) is 0 Å². The van der Waals surface area contributed by atoms with Crippen LogP contribution in [0.2, 0.25) is 0 Å². The molecule has 4 nitrogen and oxygen atoms in total. The first kappa shape index (κ1) is 30.4. The minimum atomic E-state index is -1.45. The van der Waals surface area contributed by atoms with Gasteiger partial charge in [-0.05, 0) is 12.8 Å². The van der Waals surface area contributed by atoms with E-state index in [1.807, 2.05) is 0 Å². The van der Waals surface area contributed by atoms with Crippen molar-refractivity contribution in [3.63, 3.8) is 0 Å². The van der Waals surface area contributed by atoms with E-state index in [9.17, 15) is 15.0 Å². The summed E-state index contributed by atoms with van der Waals surface area (Å²) in [5.41, 5.74) is 3.96. The molecule has 0 aliphatic carbocycles. The molecule has 1 amide bonds. The standard InChI is InChI=1S/C27H55NO3/c1-3-5-7-9-11-13-15-17-19-21-23-27(31,25(29)26(28)30)24-22-20-18-16-14-12-10-8-6-4-2/h25,29,31H,3-24H2,1-2H3,(H2,28,30). The van der Waals surface area contributed by atoms with E-state index in [1.165, 1.54) is 89.9 Å². The highest BCUT2D eigenvalue weighted by Crippen LogP contribution is 2.27. The molecule has 0 spiro atoms. The maximum atomic E-state index is 11.5. The molecule has 0 saturated heterocycles. The third-order valence-electron chi connectivity index (χ3n) is 6.70. The van der Waals surface area contributed by atoms with Crippen LogP contribution < -0.4 is 5.73 Å². The van der Waals surface area contributed by atoms with Crippen LogP contribution in [0, 0.1) is 0 Å². The predicted molar refractivity (Wildman–Crippen MR) is 133 cm³/mol. The van der Waals surface area contributed by atoms with E-state index in [4.69, 9.17) is 5.73 Å². The molecule has 0 aliphatic heterocycles. The molecule has 0 bridgehead atoms. The lowest BCUT2D eigenvalue weighted by Crippen LogP contribution is -2.49. The van der Waals surface area contributed by atoms with Crippen molar-refractivity contribution in [2.24, 2.45) is 5.73 Å². The smallest absolute Gasteiger partial charge is 0.249 e. The second kappa shape index (κ2) is 21.2. The Kier molecular flexibility index (Phi) is 20.8. The van der Waals surface area contributed by atoms with Crippen LogP contribution in [0.3, 0.4) is 0 Å². The zero-order valence-electron chi connectivity index (χ0n) is 21.0. The van der Waals surface area contributed by atoms with E-state index in [1.54, 1.807) is 0 Å². The second-order valence-electron chi connectivity index (χ2n) is 9.77. The molecule has 4 N–H and O–H groups in total. The number of hydrogen-bond acceptors (Lipinski definition) is 3. The lowest BCUT2D eigenvalue weighted by Gasteiger charge is -2.31. The third-order valence-corrected chi connectivity index (χ3v) is 6.70. The van der Waals surface area contributed by atoms with Crippen molar-refractivity contribution < 1.29 is 15.0 Å². The Morgan fingerprint density at radius 3 is 1.13 bits per heavy atom. The number of unbranched alkanes of at least 4 members (excludes halogenated alkanes) is 18. The van der Waals surface area contributed by atoms with Gasteiger partial charge in [0.1, 0.15) is 0 Å². The van der Waals surface area contributed by atoms with Crippen LogP contribution in [0.25, 0.3) is 0 Å². The highest BCUT2D eigenvalue weighted by Gasteiger charge is 2.38. The molecule has 0 saturated carbocycles. The van der Waals surface area contributed by atoms with Gasteiger partial charge in [0.15, 0.2) is 6.10 Å². The Hall–Kier alpha value is -0.610. The van der Waals surface area contributed by atoms with Gasteiger partial charge in [0.25, 0.3) is 0 Å². The Bertz CT molecular complexity index is 376. The van der Waals surface area contributed by atoms with Crippen LogP contribution in [-0.4, -0.2) is 27.8 Å². The van der Waals surface area contributed by atoms with Crippen LogP contribution in [-0.2, 0) is 4.79 Å². The monoisotopic (exact) mass is 441 g/mol. The maximum Gasteiger partial charge on any atom is 0.249 e. The number of nitrogens with two attached hydrogens (primary N) is 1. The van der Waals surface area contributed by atoms with Crippen molar-refractivity contribution >= 4 is 5.91 Å². The van der Waals surface area contributed by atoms with Gasteiger partial charge < -0.3 is 15.9 Å². The molecule has 0 aromatic rings. The molecule has 0 aromatic heterocycles. The van der Waals surface area contributed by atoms with Crippen molar-refractivity contribution in [3.8, 4) is 0 Å². The fraction of sp³-hybridized carbons (Fsp3) is 0.963. The number of rotatable bonds is 24. The largest absolute Gasteiger partial charge is 0.387 e. The summed E-state index contributed by atoms with van der Waals surface area (Å²) < 4.78 is 0. The van der Waals surface area contributed by atoms with E-state index in [-0.39, 0.29) is 0 Å². The minimum Gasteiger partial charge on any atom is -0.387 e. The van der Waals surface area contributed by atoms with Gasteiger partial charge in [-0.1, -0.05) is 142 Å². The molecule has 4 heteroatoms. The molecular formula is C27H55NO3. The number of hydrogen-bond donors (Lipinski definition) is 3. The van der Waals surface area contributed by atoms with Gasteiger partial charge >= 0.3 is 0 Å². The first-order valence-electron chi connectivity index (χ1n) is 13.7. The average molecular weight is 442 g/mol. The Morgan fingerprint density at radius 2 is 0.871 bits per heavy atom. The van der Waals surface area contributed by atoms with Gasteiger partial charge in [0, 0.05) is 0 Å². The predicted octanol–water partition coefficient (Wildman–Crippen LogP) is 7.19. The Morgan fingerprint density at radius 1 is 0.613 bits per heavy atom. The van der Waals surface area contributed by atoms with Gasteiger partial charge in [-0.15, -0.1) is 0 Å². The highest BCUT2D eigenvalue weighted by molar-refractivity contribution is 5.79. The third kappa shape index (κ3) is 17.6. The number of amides is 1. The summed E-state index contributed by atoms with van der Waals surface area (Å²) in [7, 11) is 0. The molecule has 0 heterocycles. The number of primary amides is 1. The van der Waals surface area contributed by atoms with Crippen molar-refractivity contribution in [2.75, 3.05) is 0 Å². The zero-order valence-corrected chi connectivity index (χ0v) is 21.0. The Balaban J connectivity index is 3.94. The zero-order chi connectivity index (χ0) is 23.2. The van der Waals surface area contributed by atoms with Crippen molar-refractivity contribution in [1.82, 2.24) is 0 Å². The molecular weight excluding hydrogens is 386 g/mol. The van der Waals surface area contributed by atoms with E-state index >= 15 is 0 Å². The number of aliphatic hydroxyl groups excluding tert-OH is 1. The topological polar surface area (TPSA) is 83.6 Å². The number of carbonyl (C=O) groups excluding carboxylic acids is 1. The van der Waals surface area contributed by atoms with Crippen LogP contribution in [0.1, 0.15) is 155 Å². The van der Waals surface area contributed by atoms with Crippen LogP contribution in [0.5, 0.6) is 0 Å². The fourth-order valence-electron chi connectivity index (χ4n) is 4.50. The quantitative estimate of drug-likeness (QED) is 0.139. The molecule has 0 fully saturated rings. The molecule has 0 radical (unpaired) electrons. The molecule has 1 unspecified atom stereocenters. The Labute approximate surface area is 193 Å². The second-order valence-corrected chi connectivity index (χ2v) is 9.77. The molecule has 186 valence electrons. The number of carbonyl (C=O) groups is 1. The average Bonchev–Trinajstić information content (AvgIpc) is 2.75. The van der Waals surface area contributed by atoms with Crippen molar-refractivity contribution in [2.45, 2.75) is 167 Å². The number of aliphatic hydroxyl groups is 2. The molecule has 0 aliphatic rings. The molecule has 31 heavy (non-hydrogen) atoms. The summed E-state index contributed by atoms with van der Waals surface area (Å²) in [6.07, 6.45) is 23.9.